The average molecular weight is 446 g/mol. The molecule has 2 unspecified atom stereocenters. The van der Waals surface area contributed by atoms with Gasteiger partial charge in [0.05, 0.1) is 18.4 Å². The first kappa shape index (κ1) is 23.3. The van der Waals surface area contributed by atoms with Crippen LogP contribution in [-0.2, 0) is 0 Å². The molecule has 8 heteroatoms. The van der Waals surface area contributed by atoms with E-state index in [4.69, 9.17) is 4.74 Å². The van der Waals surface area contributed by atoms with Crippen LogP contribution in [0.3, 0.4) is 0 Å². The van der Waals surface area contributed by atoms with Gasteiger partial charge in [-0.1, -0.05) is 13.8 Å². The average Bonchev–Trinajstić information content (AvgIpc) is 3.09. The van der Waals surface area contributed by atoms with Crippen molar-refractivity contribution < 1.29 is 14.6 Å². The topological polar surface area (TPSA) is 100 Å². The van der Waals surface area contributed by atoms with Gasteiger partial charge < -0.3 is 15.2 Å². The van der Waals surface area contributed by atoms with Crippen LogP contribution in [0.15, 0.2) is 12.3 Å². The van der Waals surface area contributed by atoms with Crippen molar-refractivity contribution in [1.29, 1.82) is 0 Å². The maximum absolute atomic E-state index is 13.3. The Balaban J connectivity index is 1.52. The second-order valence-electron chi connectivity index (χ2n) is 11.1. The first-order valence-corrected chi connectivity index (χ1v) is 12.0. The Bertz CT molecular complexity index is 846. The third-order valence-electron chi connectivity index (χ3n) is 7.17. The SMILES string of the molecule is CNNC(C)(C)/C=C/n1ncc(C(=O)N[C@H]2C3CC4CC2C[C@](O)(C4)C3)c1OCC(C)C. The van der Waals surface area contributed by atoms with E-state index in [1.54, 1.807) is 10.9 Å². The van der Waals surface area contributed by atoms with Gasteiger partial charge in [-0.25, -0.2) is 10.1 Å². The van der Waals surface area contributed by atoms with Crippen LogP contribution in [-0.4, -0.2) is 51.6 Å². The summed E-state index contributed by atoms with van der Waals surface area (Å²) in [4.78, 5) is 13.3. The summed E-state index contributed by atoms with van der Waals surface area (Å²) in [7, 11) is 1.83. The molecule has 4 aliphatic rings. The lowest BCUT2D eigenvalue weighted by Crippen LogP contribution is -2.61. The minimum absolute atomic E-state index is 0.120. The molecule has 4 aliphatic carbocycles. The number of aromatic nitrogens is 2. The molecule has 4 saturated carbocycles. The molecule has 178 valence electrons. The lowest BCUT2D eigenvalue weighted by Gasteiger charge is -2.58. The second-order valence-corrected chi connectivity index (χ2v) is 11.1. The Morgan fingerprint density at radius 2 is 2.03 bits per heavy atom. The fourth-order valence-electron chi connectivity index (χ4n) is 6.07. The fourth-order valence-corrected chi connectivity index (χ4v) is 6.07. The summed E-state index contributed by atoms with van der Waals surface area (Å²) in [6.45, 7) is 8.73. The van der Waals surface area contributed by atoms with Crippen LogP contribution in [0, 0.1) is 23.7 Å². The third-order valence-corrected chi connectivity index (χ3v) is 7.17. The predicted octanol–water partition coefficient (Wildman–Crippen LogP) is 2.56. The number of hydrazine groups is 1. The van der Waals surface area contributed by atoms with E-state index in [0.717, 1.165) is 32.1 Å². The van der Waals surface area contributed by atoms with E-state index in [1.165, 1.54) is 0 Å². The maximum Gasteiger partial charge on any atom is 0.258 e. The Morgan fingerprint density at radius 3 is 2.62 bits per heavy atom. The van der Waals surface area contributed by atoms with E-state index < -0.39 is 5.60 Å². The molecule has 4 N–H and O–H groups in total. The molecule has 0 aromatic carbocycles. The van der Waals surface area contributed by atoms with Crippen LogP contribution in [0.5, 0.6) is 5.88 Å². The number of amides is 1. The number of hydrogen-bond acceptors (Lipinski definition) is 6. The van der Waals surface area contributed by atoms with Crippen LogP contribution < -0.4 is 20.9 Å². The highest BCUT2D eigenvalue weighted by Gasteiger charge is 2.55. The minimum atomic E-state index is -0.507. The standard InChI is InChI=1S/C24H39N5O3/c1-15(2)14-32-22-19(13-26-29(22)7-6-23(3,4)28-25-5)21(30)27-20-17-8-16-9-18(20)12-24(31,10-16)11-17/h6-7,13,15-18,20,25,28,31H,8-12,14H2,1-5H3,(H,27,30)/b7-6+/t16?,17?,18?,20-,24-. The molecule has 0 spiro atoms. The van der Waals surface area contributed by atoms with Gasteiger partial charge >= 0.3 is 0 Å². The summed E-state index contributed by atoms with van der Waals surface area (Å²) in [6, 6.07) is 0.120. The number of carbonyl (C=O) groups excluding carboxylic acids is 1. The Kier molecular flexibility index (Phi) is 6.40. The summed E-state index contributed by atoms with van der Waals surface area (Å²) in [6.07, 6.45) is 10.2. The molecule has 0 aliphatic heterocycles. The molecule has 1 heterocycles. The molecule has 4 bridgehead atoms. The highest BCUT2D eigenvalue weighted by atomic mass is 16.5. The number of aliphatic hydroxyl groups is 1. The molecule has 1 aromatic rings. The number of rotatable bonds is 9. The number of carbonyl (C=O) groups is 1. The number of nitrogens with one attached hydrogen (secondary N) is 3. The normalized spacial score (nSPS) is 31.6. The van der Waals surface area contributed by atoms with E-state index in [9.17, 15) is 9.90 Å². The number of nitrogens with zero attached hydrogens (tertiary/aromatic N) is 2. The molecule has 0 radical (unpaired) electrons. The molecule has 1 amide bonds. The zero-order valence-corrected chi connectivity index (χ0v) is 20.0. The molecule has 32 heavy (non-hydrogen) atoms. The van der Waals surface area contributed by atoms with Gasteiger partial charge in [0, 0.05) is 17.8 Å². The first-order valence-electron chi connectivity index (χ1n) is 12.0. The van der Waals surface area contributed by atoms with Gasteiger partial charge in [0.15, 0.2) is 0 Å². The van der Waals surface area contributed by atoms with Crippen LogP contribution in [0.4, 0.5) is 0 Å². The van der Waals surface area contributed by atoms with Crippen molar-refractivity contribution in [3.05, 3.63) is 17.8 Å². The monoisotopic (exact) mass is 445 g/mol. The number of ether oxygens (including phenoxy) is 1. The largest absolute Gasteiger partial charge is 0.477 e. The molecule has 8 nitrogen and oxygen atoms in total. The first-order chi connectivity index (χ1) is 15.1. The molecular weight excluding hydrogens is 406 g/mol. The molecule has 1 aromatic heterocycles. The van der Waals surface area contributed by atoms with Gasteiger partial charge in [-0.15, -0.1) is 0 Å². The van der Waals surface area contributed by atoms with Crippen molar-refractivity contribution in [3.8, 4) is 5.88 Å². The van der Waals surface area contributed by atoms with E-state index in [-0.39, 0.29) is 17.5 Å². The molecule has 5 rings (SSSR count). The van der Waals surface area contributed by atoms with Crippen LogP contribution >= 0.6 is 0 Å². The van der Waals surface area contributed by atoms with Crippen molar-refractivity contribution in [2.24, 2.45) is 23.7 Å². The van der Waals surface area contributed by atoms with Crippen LogP contribution in [0.25, 0.3) is 6.20 Å². The van der Waals surface area contributed by atoms with Gasteiger partial charge in [0.1, 0.15) is 5.56 Å². The van der Waals surface area contributed by atoms with Crippen LogP contribution in [0.1, 0.15) is 70.2 Å². The van der Waals surface area contributed by atoms with Crippen molar-refractivity contribution in [2.75, 3.05) is 13.7 Å². The summed E-state index contributed by atoms with van der Waals surface area (Å²) in [5.41, 5.74) is 5.76. The summed E-state index contributed by atoms with van der Waals surface area (Å²) in [5, 5.41) is 18.6. The molecule has 2 atom stereocenters. The lowest BCUT2D eigenvalue weighted by atomic mass is 9.52. The van der Waals surface area contributed by atoms with Crippen molar-refractivity contribution in [2.45, 2.75) is 77.0 Å². The Hall–Kier alpha value is -1.90. The second kappa shape index (κ2) is 8.80. The molecular formula is C24H39N5O3. The summed E-state index contributed by atoms with van der Waals surface area (Å²) in [5.74, 6) is 1.98. The number of hydrogen-bond donors (Lipinski definition) is 4. The predicted molar refractivity (Wildman–Crippen MR) is 124 cm³/mol. The van der Waals surface area contributed by atoms with Gasteiger partial charge in [-0.05, 0) is 82.7 Å². The van der Waals surface area contributed by atoms with Crippen molar-refractivity contribution in [3.63, 3.8) is 0 Å². The van der Waals surface area contributed by atoms with E-state index in [0.29, 0.717) is 41.7 Å². The van der Waals surface area contributed by atoms with Gasteiger partial charge in [-0.3, -0.25) is 10.2 Å². The molecule has 0 saturated heterocycles. The highest BCUT2D eigenvalue weighted by molar-refractivity contribution is 5.96. The van der Waals surface area contributed by atoms with Crippen molar-refractivity contribution in [1.82, 2.24) is 25.9 Å². The van der Waals surface area contributed by atoms with Gasteiger partial charge in [-0.2, -0.15) is 5.10 Å². The van der Waals surface area contributed by atoms with E-state index >= 15 is 0 Å². The van der Waals surface area contributed by atoms with Crippen molar-refractivity contribution >= 4 is 12.1 Å². The molecule has 4 fully saturated rings. The highest BCUT2D eigenvalue weighted by Crippen LogP contribution is 2.55. The maximum atomic E-state index is 13.3. The van der Waals surface area contributed by atoms with Gasteiger partial charge in [0.2, 0.25) is 5.88 Å². The zero-order valence-electron chi connectivity index (χ0n) is 20.0. The summed E-state index contributed by atoms with van der Waals surface area (Å²) >= 11 is 0. The Morgan fingerprint density at radius 1 is 1.34 bits per heavy atom. The quantitative estimate of drug-likeness (QED) is 0.436. The fraction of sp³-hybridized carbons (Fsp3) is 0.750. The zero-order chi connectivity index (χ0) is 23.1. The minimum Gasteiger partial charge on any atom is -0.477 e. The van der Waals surface area contributed by atoms with E-state index in [1.807, 2.05) is 33.2 Å². The summed E-state index contributed by atoms with van der Waals surface area (Å²) < 4.78 is 7.69. The third kappa shape index (κ3) is 4.87. The van der Waals surface area contributed by atoms with Gasteiger partial charge in [0.25, 0.3) is 5.91 Å². The Labute approximate surface area is 191 Å². The lowest BCUT2D eigenvalue weighted by molar-refractivity contribution is -0.136. The van der Waals surface area contributed by atoms with E-state index in [2.05, 4.69) is 35.1 Å². The van der Waals surface area contributed by atoms with Crippen LogP contribution in [0.2, 0.25) is 0 Å². The smallest absolute Gasteiger partial charge is 0.258 e.